The van der Waals surface area contributed by atoms with E-state index in [1.807, 2.05) is 0 Å². The monoisotopic (exact) mass is 313 g/mol. The number of rotatable bonds is 2. The second-order valence-corrected chi connectivity index (χ2v) is 4.65. The van der Waals surface area contributed by atoms with Crippen molar-refractivity contribution in [3.8, 4) is 0 Å². The molecular weight excluding hydrogens is 305 g/mol. The molecule has 3 N–H and O–H groups in total. The average molecular weight is 314 g/mol. The Morgan fingerprint density at radius 2 is 2.10 bits per heavy atom. The third kappa shape index (κ3) is 2.89. The van der Waals surface area contributed by atoms with Gasteiger partial charge in [0.25, 0.3) is 0 Å². The summed E-state index contributed by atoms with van der Waals surface area (Å²) in [6.45, 7) is 1.18. The Labute approximate surface area is 123 Å². The number of carbonyl (C=O) groups is 1. The van der Waals surface area contributed by atoms with Crippen molar-refractivity contribution in [1.29, 1.82) is 0 Å². The van der Waals surface area contributed by atoms with Crippen molar-refractivity contribution in [2.24, 2.45) is 0 Å². The highest BCUT2D eigenvalue weighted by molar-refractivity contribution is 6.35. The first kappa shape index (κ1) is 14.3. The van der Waals surface area contributed by atoms with Crippen LogP contribution in [0.5, 0.6) is 0 Å². The van der Waals surface area contributed by atoms with Gasteiger partial charge in [0.2, 0.25) is 11.9 Å². The van der Waals surface area contributed by atoms with Crippen LogP contribution in [-0.4, -0.2) is 20.7 Å². The summed E-state index contributed by atoms with van der Waals surface area (Å²) in [6, 6.07) is 4.74. The van der Waals surface area contributed by atoms with Crippen LogP contribution in [0.25, 0.3) is 0 Å². The van der Waals surface area contributed by atoms with E-state index in [1.165, 1.54) is 6.92 Å². The quantitative estimate of drug-likeness (QED) is 0.878. The molecule has 0 saturated carbocycles. The van der Waals surface area contributed by atoms with Gasteiger partial charge in [0.1, 0.15) is 0 Å². The Morgan fingerprint density at radius 3 is 2.75 bits per heavy atom. The van der Waals surface area contributed by atoms with Gasteiger partial charge >= 0.3 is 5.56 Å². The number of nitrogens with zero attached hydrogens (tertiary/aromatic N) is 3. The maximum absolute atomic E-state index is 11.6. The van der Waals surface area contributed by atoms with E-state index >= 15 is 0 Å². The number of nitrogen functional groups attached to an aromatic ring is 1. The summed E-state index contributed by atoms with van der Waals surface area (Å²) in [6.07, 6.45) is 0. The van der Waals surface area contributed by atoms with E-state index in [9.17, 15) is 9.59 Å². The number of nitrogens with one attached hydrogen (secondary N) is 1. The van der Waals surface area contributed by atoms with E-state index in [-0.39, 0.29) is 11.8 Å². The first-order valence-electron chi connectivity index (χ1n) is 5.38. The molecule has 1 heterocycles. The van der Waals surface area contributed by atoms with Crippen LogP contribution in [-0.2, 0) is 0 Å². The number of anilines is 3. The molecule has 0 fully saturated rings. The minimum atomic E-state index is -0.778. The number of benzene rings is 1. The molecule has 2 aromatic rings. The highest BCUT2D eigenvalue weighted by Crippen LogP contribution is 2.27. The van der Waals surface area contributed by atoms with Gasteiger partial charge in [-0.2, -0.15) is 9.67 Å². The summed E-state index contributed by atoms with van der Waals surface area (Å²) < 4.78 is 0.614. The molecule has 0 aliphatic heterocycles. The zero-order valence-electron chi connectivity index (χ0n) is 10.2. The van der Waals surface area contributed by atoms with Gasteiger partial charge in [-0.3, -0.25) is 9.59 Å². The summed E-state index contributed by atoms with van der Waals surface area (Å²) in [4.78, 5) is 26.6. The van der Waals surface area contributed by atoms with Crippen LogP contribution in [0.2, 0.25) is 10.0 Å². The van der Waals surface area contributed by atoms with Gasteiger partial charge in [-0.15, -0.1) is 5.10 Å². The van der Waals surface area contributed by atoms with Crippen molar-refractivity contribution in [1.82, 2.24) is 14.8 Å². The minimum Gasteiger partial charge on any atom is -0.379 e. The first-order chi connectivity index (χ1) is 9.38. The van der Waals surface area contributed by atoms with Crippen LogP contribution < -0.4 is 16.6 Å². The highest BCUT2D eigenvalue weighted by atomic mass is 35.5. The largest absolute Gasteiger partial charge is 0.379 e. The minimum absolute atomic E-state index is 0.0403. The topological polar surface area (TPSA) is 103 Å². The molecule has 1 aromatic heterocycles. The number of hydrogen-bond donors (Lipinski definition) is 2. The third-order valence-electron chi connectivity index (χ3n) is 2.31. The Kier molecular flexibility index (Phi) is 3.91. The van der Waals surface area contributed by atoms with Gasteiger partial charge in [0.05, 0.1) is 10.7 Å². The van der Waals surface area contributed by atoms with Crippen LogP contribution >= 0.6 is 23.2 Å². The second kappa shape index (κ2) is 5.48. The van der Waals surface area contributed by atoms with Crippen molar-refractivity contribution in [3.05, 3.63) is 38.6 Å². The molecule has 0 aliphatic carbocycles. The fourth-order valence-corrected chi connectivity index (χ4v) is 1.75. The molecule has 104 valence electrons. The molecule has 0 saturated heterocycles. The van der Waals surface area contributed by atoms with E-state index in [0.717, 1.165) is 0 Å². The van der Waals surface area contributed by atoms with Gasteiger partial charge in [-0.05, 0) is 18.2 Å². The maximum Gasteiger partial charge on any atom is 0.316 e. The molecule has 2 rings (SSSR count). The van der Waals surface area contributed by atoms with Crippen LogP contribution in [0.1, 0.15) is 11.7 Å². The molecule has 0 amide bonds. The standard InChI is InChI=1S/C11H9Cl2N5O2/c1-5(19)18-10(20)9(14)16-11(17-18)15-8-4-6(12)2-3-7(8)13/h2-4H,1H3,(H3,14,15,16,17). The predicted octanol–water partition coefficient (Wildman–Crippen LogP) is 1.93. The normalized spacial score (nSPS) is 10.3. The lowest BCUT2D eigenvalue weighted by Gasteiger charge is -2.09. The fourth-order valence-electron chi connectivity index (χ4n) is 1.41. The number of hydrogen-bond acceptors (Lipinski definition) is 6. The molecule has 0 aliphatic rings. The number of nitrogens with two attached hydrogens (primary N) is 1. The Bertz CT molecular complexity index is 744. The van der Waals surface area contributed by atoms with Crippen molar-refractivity contribution in [2.45, 2.75) is 6.92 Å². The lowest BCUT2D eigenvalue weighted by molar-refractivity contribution is 0.0915. The highest BCUT2D eigenvalue weighted by Gasteiger charge is 2.12. The zero-order chi connectivity index (χ0) is 14.9. The van der Waals surface area contributed by atoms with Crippen molar-refractivity contribution < 1.29 is 4.79 Å². The molecule has 0 unspecified atom stereocenters. The lowest BCUT2D eigenvalue weighted by atomic mass is 10.3. The SMILES string of the molecule is CC(=O)n1nc(Nc2cc(Cl)ccc2Cl)nc(N)c1=O. The fraction of sp³-hybridized carbons (Fsp3) is 0.0909. The molecule has 7 nitrogen and oxygen atoms in total. The smallest absolute Gasteiger partial charge is 0.316 e. The number of halogens is 2. The van der Waals surface area contributed by atoms with E-state index in [2.05, 4.69) is 15.4 Å². The van der Waals surface area contributed by atoms with E-state index in [4.69, 9.17) is 28.9 Å². The van der Waals surface area contributed by atoms with Crippen LogP contribution in [0.3, 0.4) is 0 Å². The predicted molar refractivity (Wildman–Crippen MR) is 76.7 cm³/mol. The first-order valence-corrected chi connectivity index (χ1v) is 6.14. The molecule has 20 heavy (non-hydrogen) atoms. The molecule has 9 heteroatoms. The zero-order valence-corrected chi connectivity index (χ0v) is 11.7. The summed E-state index contributed by atoms with van der Waals surface area (Å²) in [5, 5.41) is 7.32. The van der Waals surface area contributed by atoms with Gasteiger partial charge in [0, 0.05) is 11.9 Å². The van der Waals surface area contributed by atoms with Crippen molar-refractivity contribution >= 4 is 46.6 Å². The van der Waals surface area contributed by atoms with Crippen molar-refractivity contribution in [2.75, 3.05) is 11.1 Å². The molecule has 0 radical (unpaired) electrons. The Hall–Kier alpha value is -2.12. The van der Waals surface area contributed by atoms with Crippen LogP contribution in [0, 0.1) is 0 Å². The molecular formula is C11H9Cl2N5O2. The van der Waals surface area contributed by atoms with E-state index in [1.54, 1.807) is 18.2 Å². The Morgan fingerprint density at radius 1 is 1.40 bits per heavy atom. The summed E-state index contributed by atoms with van der Waals surface area (Å²) in [5.74, 6) is -0.971. The molecule has 0 atom stereocenters. The average Bonchev–Trinajstić information content (AvgIpc) is 2.37. The van der Waals surface area contributed by atoms with Gasteiger partial charge in [0.15, 0.2) is 5.82 Å². The van der Waals surface area contributed by atoms with Crippen LogP contribution in [0.4, 0.5) is 17.5 Å². The summed E-state index contributed by atoms with van der Waals surface area (Å²) in [7, 11) is 0. The summed E-state index contributed by atoms with van der Waals surface area (Å²) in [5.41, 5.74) is 5.09. The third-order valence-corrected chi connectivity index (χ3v) is 2.87. The van der Waals surface area contributed by atoms with E-state index in [0.29, 0.717) is 20.4 Å². The lowest BCUT2D eigenvalue weighted by Crippen LogP contribution is -2.31. The number of carbonyl (C=O) groups excluding carboxylic acids is 1. The van der Waals surface area contributed by atoms with Gasteiger partial charge in [-0.25, -0.2) is 0 Å². The van der Waals surface area contributed by atoms with Crippen LogP contribution in [0.15, 0.2) is 23.0 Å². The van der Waals surface area contributed by atoms with E-state index < -0.39 is 11.5 Å². The maximum atomic E-state index is 11.6. The number of aromatic nitrogens is 3. The summed E-state index contributed by atoms with van der Waals surface area (Å²) >= 11 is 11.8. The molecule has 1 aromatic carbocycles. The van der Waals surface area contributed by atoms with Gasteiger partial charge < -0.3 is 11.1 Å². The van der Waals surface area contributed by atoms with Crippen molar-refractivity contribution in [3.63, 3.8) is 0 Å². The van der Waals surface area contributed by atoms with Gasteiger partial charge in [-0.1, -0.05) is 23.2 Å². The molecule has 0 spiro atoms. The second-order valence-electron chi connectivity index (χ2n) is 3.81. The molecule has 0 bridgehead atoms. The Balaban J connectivity index is 2.46.